The van der Waals surface area contributed by atoms with E-state index in [1.54, 1.807) is 17.0 Å². The third-order valence-electron chi connectivity index (χ3n) is 6.83. The van der Waals surface area contributed by atoms with E-state index in [4.69, 9.17) is 4.42 Å². The molecule has 32 heavy (non-hydrogen) atoms. The van der Waals surface area contributed by atoms with E-state index in [2.05, 4.69) is 4.98 Å². The number of alkyl halides is 2. The van der Waals surface area contributed by atoms with Crippen LogP contribution in [0.3, 0.4) is 0 Å². The number of amides is 2. The van der Waals surface area contributed by atoms with E-state index in [0.717, 1.165) is 4.90 Å². The Kier molecular flexibility index (Phi) is 4.90. The number of fused-ring (bicyclic) bond motifs is 4. The molecule has 5 heterocycles. The van der Waals surface area contributed by atoms with Crippen LogP contribution >= 0.6 is 0 Å². The second-order valence-electron chi connectivity index (χ2n) is 8.85. The maximum Gasteiger partial charge on any atom is 0.276 e. The summed E-state index contributed by atoms with van der Waals surface area (Å²) in [5.74, 6) is -3.68. The average Bonchev–Trinajstić information content (AvgIpc) is 3.39. The van der Waals surface area contributed by atoms with Crippen molar-refractivity contribution in [2.45, 2.75) is 44.1 Å². The molecule has 2 aromatic heterocycles. The zero-order valence-corrected chi connectivity index (χ0v) is 17.7. The van der Waals surface area contributed by atoms with Gasteiger partial charge in [0.05, 0.1) is 6.54 Å². The van der Waals surface area contributed by atoms with Gasteiger partial charge in [0.1, 0.15) is 11.8 Å². The van der Waals surface area contributed by atoms with Gasteiger partial charge in [-0.25, -0.2) is 13.8 Å². The third-order valence-corrected chi connectivity index (χ3v) is 6.83. The van der Waals surface area contributed by atoms with Gasteiger partial charge in [0.15, 0.2) is 12.1 Å². The largest absolute Gasteiger partial charge is 0.448 e. The lowest BCUT2D eigenvalue weighted by atomic mass is 9.78. The zero-order chi connectivity index (χ0) is 22.6. The van der Waals surface area contributed by atoms with Gasteiger partial charge in [-0.2, -0.15) is 0 Å². The summed E-state index contributed by atoms with van der Waals surface area (Å²) in [6, 6.07) is 3.88. The summed E-state index contributed by atoms with van der Waals surface area (Å²) < 4.78 is 34.4. The number of carbonyl (C=O) groups excluding carboxylic acids is 2. The highest BCUT2D eigenvalue weighted by atomic mass is 19.3. The molecule has 170 valence electrons. The minimum absolute atomic E-state index is 0.0448. The first-order valence-electron chi connectivity index (χ1n) is 10.9. The molecule has 0 spiro atoms. The number of aromatic nitrogens is 2. The molecular weight excluding hydrogens is 422 g/mol. The fraction of sp³-hybridized carbons (Fsp3) is 0.545. The molecule has 2 fully saturated rings. The lowest BCUT2D eigenvalue weighted by molar-refractivity contribution is -0.138. The molecule has 8 nitrogen and oxygen atoms in total. The molecule has 3 atom stereocenters. The van der Waals surface area contributed by atoms with Crippen molar-refractivity contribution in [3.8, 4) is 0 Å². The highest BCUT2D eigenvalue weighted by Gasteiger charge is 2.49. The maximum atomic E-state index is 13.8. The molecule has 2 amide bonds. The summed E-state index contributed by atoms with van der Waals surface area (Å²) in [7, 11) is 0. The van der Waals surface area contributed by atoms with Crippen LogP contribution in [0.2, 0.25) is 0 Å². The molecule has 0 saturated carbocycles. The number of likely N-dealkylation sites (tertiary alicyclic amines) is 2. The minimum atomic E-state index is -2.92. The number of nitrogens with zero attached hydrogens (tertiary/aromatic N) is 4. The van der Waals surface area contributed by atoms with Crippen molar-refractivity contribution >= 4 is 11.8 Å². The number of oxazole rings is 1. The molecule has 2 saturated heterocycles. The van der Waals surface area contributed by atoms with Crippen LogP contribution < -0.4 is 5.56 Å². The van der Waals surface area contributed by atoms with Gasteiger partial charge in [0.2, 0.25) is 5.91 Å². The van der Waals surface area contributed by atoms with E-state index >= 15 is 0 Å². The predicted octanol–water partition coefficient (Wildman–Crippen LogP) is 2.07. The van der Waals surface area contributed by atoms with Crippen LogP contribution in [0.25, 0.3) is 0 Å². The lowest BCUT2D eigenvalue weighted by Crippen LogP contribution is -2.55. The Morgan fingerprint density at radius 3 is 2.78 bits per heavy atom. The van der Waals surface area contributed by atoms with Crippen molar-refractivity contribution < 1.29 is 22.8 Å². The predicted molar refractivity (Wildman–Crippen MR) is 109 cm³/mol. The number of pyridine rings is 1. The van der Waals surface area contributed by atoms with Crippen molar-refractivity contribution in [1.29, 1.82) is 0 Å². The highest BCUT2D eigenvalue weighted by Crippen LogP contribution is 2.43. The lowest BCUT2D eigenvalue weighted by Gasteiger charge is -2.46. The van der Waals surface area contributed by atoms with Crippen molar-refractivity contribution in [1.82, 2.24) is 19.4 Å². The molecule has 10 heteroatoms. The zero-order valence-electron chi connectivity index (χ0n) is 17.7. The Morgan fingerprint density at radius 2 is 2.06 bits per heavy atom. The normalized spacial score (nSPS) is 26.2. The van der Waals surface area contributed by atoms with Gasteiger partial charge < -0.3 is 14.2 Å². The second-order valence-corrected chi connectivity index (χ2v) is 8.85. The minimum Gasteiger partial charge on any atom is -0.448 e. The van der Waals surface area contributed by atoms with Crippen LogP contribution in [-0.2, 0) is 11.2 Å². The number of hydrogen-bond acceptors (Lipinski definition) is 5. The van der Waals surface area contributed by atoms with E-state index in [1.807, 2.05) is 6.92 Å². The van der Waals surface area contributed by atoms with Crippen molar-refractivity contribution in [3.63, 3.8) is 0 Å². The van der Waals surface area contributed by atoms with Crippen LogP contribution in [0, 0.1) is 5.92 Å². The van der Waals surface area contributed by atoms with Gasteiger partial charge in [-0.15, -0.1) is 0 Å². The van der Waals surface area contributed by atoms with E-state index in [0.29, 0.717) is 30.8 Å². The Bertz CT molecular complexity index is 1130. The van der Waals surface area contributed by atoms with E-state index in [1.165, 1.54) is 17.0 Å². The third kappa shape index (κ3) is 3.32. The van der Waals surface area contributed by atoms with Crippen LogP contribution in [-0.4, -0.2) is 63.3 Å². The van der Waals surface area contributed by atoms with Crippen LogP contribution in [0.15, 0.2) is 33.8 Å². The number of piperidine rings is 1. The summed E-state index contributed by atoms with van der Waals surface area (Å²) >= 11 is 0. The number of carbonyl (C=O) groups is 2. The molecule has 3 aliphatic rings. The van der Waals surface area contributed by atoms with Crippen molar-refractivity contribution in [3.05, 3.63) is 52.1 Å². The van der Waals surface area contributed by atoms with E-state index < -0.39 is 24.4 Å². The molecule has 0 unspecified atom stereocenters. The Labute approximate surface area is 182 Å². The number of hydrogen-bond donors (Lipinski definition) is 0. The maximum absolute atomic E-state index is 13.8. The van der Waals surface area contributed by atoms with Gasteiger partial charge >= 0.3 is 0 Å². The smallest absolute Gasteiger partial charge is 0.276 e. The van der Waals surface area contributed by atoms with Crippen LogP contribution in [0.1, 0.15) is 53.7 Å². The molecule has 0 radical (unpaired) electrons. The summed E-state index contributed by atoms with van der Waals surface area (Å²) in [6.45, 7) is 1.81. The standard InChI is InChI=1S/C22H24F2N4O4/c1-2-16-18(25-12-32-16)20(30)27-9-13-8-14(10-27)19(28-15(13)4-3-5-17(28)29)21(31)26-7-6-22(23,24)11-26/h3-5,12-14,19H,2,6-11H2,1H3/t13-,14+,19-/m1/s1. The number of rotatable bonds is 3. The fourth-order valence-electron chi connectivity index (χ4n) is 5.37. The van der Waals surface area contributed by atoms with Gasteiger partial charge in [-0.05, 0) is 12.5 Å². The monoisotopic (exact) mass is 446 g/mol. The van der Waals surface area contributed by atoms with Crippen molar-refractivity contribution in [2.75, 3.05) is 26.2 Å². The van der Waals surface area contributed by atoms with Gasteiger partial charge in [-0.3, -0.25) is 19.0 Å². The average molecular weight is 446 g/mol. The number of halogens is 2. The molecule has 2 aromatic rings. The van der Waals surface area contributed by atoms with Crippen molar-refractivity contribution in [2.24, 2.45) is 5.92 Å². The molecule has 2 bridgehead atoms. The summed E-state index contributed by atoms with van der Waals surface area (Å²) in [4.78, 5) is 46.3. The Hall–Kier alpha value is -3.04. The van der Waals surface area contributed by atoms with Crippen LogP contribution in [0.4, 0.5) is 8.78 Å². The molecule has 0 aliphatic carbocycles. The van der Waals surface area contributed by atoms with E-state index in [9.17, 15) is 23.2 Å². The van der Waals surface area contributed by atoms with Gasteiger partial charge in [-0.1, -0.05) is 13.0 Å². The van der Waals surface area contributed by atoms with Crippen LogP contribution in [0.5, 0.6) is 0 Å². The second kappa shape index (κ2) is 7.53. The first-order valence-corrected chi connectivity index (χ1v) is 10.9. The fourth-order valence-corrected chi connectivity index (χ4v) is 5.37. The molecule has 0 aromatic carbocycles. The van der Waals surface area contributed by atoms with Gasteiger partial charge in [0, 0.05) is 56.1 Å². The Morgan fingerprint density at radius 1 is 1.25 bits per heavy atom. The molecule has 5 rings (SSSR count). The number of aryl methyl sites for hydroxylation is 1. The quantitative estimate of drug-likeness (QED) is 0.720. The van der Waals surface area contributed by atoms with E-state index in [-0.39, 0.29) is 48.5 Å². The first-order chi connectivity index (χ1) is 15.3. The first kappa shape index (κ1) is 20.8. The highest BCUT2D eigenvalue weighted by molar-refractivity contribution is 5.93. The summed E-state index contributed by atoms with van der Waals surface area (Å²) in [6.07, 6.45) is 1.98. The Balaban J connectivity index is 1.51. The van der Waals surface area contributed by atoms with Gasteiger partial charge in [0.25, 0.3) is 17.4 Å². The molecule has 3 aliphatic heterocycles. The topological polar surface area (TPSA) is 88.7 Å². The molecular formula is C22H24F2N4O4. The molecule has 0 N–H and O–H groups in total. The SMILES string of the molecule is CCc1ocnc1C(=O)N1C[C@H]2C[C@@H](C1)[C@H](C(=O)N1CCC(F)(F)C1)n1c2cccc1=O. The summed E-state index contributed by atoms with van der Waals surface area (Å²) in [5.41, 5.74) is 0.581. The summed E-state index contributed by atoms with van der Waals surface area (Å²) in [5, 5.41) is 0.